The Balaban J connectivity index is 1.88. The van der Waals surface area contributed by atoms with E-state index in [1.165, 1.54) is 11.8 Å². The van der Waals surface area contributed by atoms with Gasteiger partial charge in [0.1, 0.15) is 0 Å². The van der Waals surface area contributed by atoms with E-state index in [9.17, 15) is 9.59 Å². The Kier molecular flexibility index (Phi) is 7.26. The Bertz CT molecular complexity index is 757. The Morgan fingerprint density at radius 3 is 2.58 bits per heavy atom. The van der Waals surface area contributed by atoms with Crippen molar-refractivity contribution in [3.05, 3.63) is 41.7 Å². The molecule has 0 aliphatic carbocycles. The fourth-order valence-electron chi connectivity index (χ4n) is 2.35. The first-order valence-corrected chi connectivity index (χ1v) is 9.53. The molecule has 0 unspecified atom stereocenters. The summed E-state index contributed by atoms with van der Waals surface area (Å²) in [6.07, 6.45) is 0. The van der Waals surface area contributed by atoms with Gasteiger partial charge in [0.25, 0.3) is 5.91 Å². The molecule has 26 heavy (non-hydrogen) atoms. The maximum Gasteiger partial charge on any atom is 0.316 e. The number of carbonyl (C=O) groups excluding carboxylic acids is 2. The van der Waals surface area contributed by atoms with E-state index < -0.39 is 5.97 Å². The number of para-hydroxylation sites is 1. The molecule has 0 spiro atoms. The van der Waals surface area contributed by atoms with Crippen molar-refractivity contribution in [1.82, 2.24) is 15.1 Å². The molecule has 0 bridgehead atoms. The number of thioether (sulfide) groups is 1. The van der Waals surface area contributed by atoms with Crippen LogP contribution in [0.2, 0.25) is 0 Å². The number of aromatic nitrogens is 2. The predicted octanol–water partition coefficient (Wildman–Crippen LogP) is 2.90. The fourth-order valence-corrected chi connectivity index (χ4v) is 3.24. The number of hydrogen-bond donors (Lipinski definition) is 1. The maximum absolute atomic E-state index is 11.9. The van der Waals surface area contributed by atoms with Crippen molar-refractivity contribution in [3.63, 3.8) is 0 Å². The largest absolute Gasteiger partial charge is 0.455 e. The third-order valence-corrected chi connectivity index (χ3v) is 4.89. The van der Waals surface area contributed by atoms with Gasteiger partial charge in [-0.2, -0.15) is 5.10 Å². The molecule has 140 valence electrons. The lowest BCUT2D eigenvalue weighted by molar-refractivity contribution is -0.145. The van der Waals surface area contributed by atoms with E-state index in [0.29, 0.717) is 12.5 Å². The lowest BCUT2D eigenvalue weighted by Gasteiger charge is -2.08. The van der Waals surface area contributed by atoms with E-state index >= 15 is 0 Å². The van der Waals surface area contributed by atoms with Gasteiger partial charge in [0.2, 0.25) is 0 Å². The molecule has 1 aromatic carbocycles. The van der Waals surface area contributed by atoms with Crippen LogP contribution >= 0.6 is 11.8 Å². The van der Waals surface area contributed by atoms with E-state index in [-0.39, 0.29) is 18.3 Å². The van der Waals surface area contributed by atoms with Gasteiger partial charge >= 0.3 is 5.97 Å². The first-order valence-electron chi connectivity index (χ1n) is 8.55. The Hall–Kier alpha value is -2.28. The SMILES string of the molecule is Cc1nn(-c2ccccc2)c(C)c1SCC(=O)OCC(=O)NCC(C)C. The van der Waals surface area contributed by atoms with Gasteiger partial charge in [0.15, 0.2) is 6.61 Å². The average molecular weight is 375 g/mol. The average Bonchev–Trinajstić information content (AvgIpc) is 2.91. The van der Waals surface area contributed by atoms with Gasteiger partial charge in [-0.05, 0) is 31.9 Å². The van der Waals surface area contributed by atoms with Crippen LogP contribution in [0.1, 0.15) is 25.2 Å². The molecule has 0 radical (unpaired) electrons. The molecule has 2 rings (SSSR count). The topological polar surface area (TPSA) is 73.2 Å². The van der Waals surface area contributed by atoms with Crippen molar-refractivity contribution in [2.45, 2.75) is 32.6 Å². The van der Waals surface area contributed by atoms with Gasteiger partial charge in [0, 0.05) is 6.54 Å². The van der Waals surface area contributed by atoms with Crippen LogP contribution in [0.5, 0.6) is 0 Å². The van der Waals surface area contributed by atoms with E-state index in [0.717, 1.165) is 22.0 Å². The lowest BCUT2D eigenvalue weighted by Crippen LogP contribution is -2.31. The van der Waals surface area contributed by atoms with Crippen LogP contribution in [0.25, 0.3) is 5.69 Å². The van der Waals surface area contributed by atoms with Crippen molar-refractivity contribution < 1.29 is 14.3 Å². The second-order valence-corrected chi connectivity index (χ2v) is 7.38. The van der Waals surface area contributed by atoms with Gasteiger partial charge in [-0.15, -0.1) is 11.8 Å². The second kappa shape index (κ2) is 9.43. The standard InChI is InChI=1S/C19H25N3O3S/c1-13(2)10-20-17(23)11-25-18(24)12-26-19-14(3)21-22(15(19)4)16-8-6-5-7-9-16/h5-9,13H,10-12H2,1-4H3,(H,20,23). The molecular weight excluding hydrogens is 350 g/mol. The van der Waals surface area contributed by atoms with Gasteiger partial charge in [0.05, 0.1) is 27.7 Å². The van der Waals surface area contributed by atoms with E-state index in [4.69, 9.17) is 4.74 Å². The minimum absolute atomic E-state index is 0.139. The summed E-state index contributed by atoms with van der Waals surface area (Å²) in [5, 5.41) is 7.27. The minimum Gasteiger partial charge on any atom is -0.455 e. The number of ether oxygens (including phenoxy) is 1. The van der Waals surface area contributed by atoms with Crippen LogP contribution in [0.3, 0.4) is 0 Å². The van der Waals surface area contributed by atoms with Gasteiger partial charge in [-0.3, -0.25) is 9.59 Å². The van der Waals surface area contributed by atoms with Crippen LogP contribution in [0.4, 0.5) is 0 Å². The van der Waals surface area contributed by atoms with Crippen molar-refractivity contribution in [2.75, 3.05) is 18.9 Å². The summed E-state index contributed by atoms with van der Waals surface area (Å²) in [6.45, 7) is 8.22. The number of rotatable bonds is 8. The highest BCUT2D eigenvalue weighted by Crippen LogP contribution is 2.27. The molecule has 0 saturated carbocycles. The molecular formula is C19H25N3O3S. The molecule has 1 heterocycles. The van der Waals surface area contributed by atoms with Crippen molar-refractivity contribution >= 4 is 23.6 Å². The van der Waals surface area contributed by atoms with E-state index in [2.05, 4.69) is 10.4 Å². The van der Waals surface area contributed by atoms with E-state index in [1.807, 2.05) is 62.7 Å². The first kappa shape index (κ1) is 20.0. The molecule has 0 aliphatic heterocycles. The fraction of sp³-hybridized carbons (Fsp3) is 0.421. The molecule has 0 atom stereocenters. The number of benzene rings is 1. The van der Waals surface area contributed by atoms with E-state index in [1.54, 1.807) is 0 Å². The summed E-state index contributed by atoms with van der Waals surface area (Å²) < 4.78 is 6.89. The number of nitrogens with one attached hydrogen (secondary N) is 1. The van der Waals surface area contributed by atoms with Gasteiger partial charge in [-0.25, -0.2) is 4.68 Å². The van der Waals surface area contributed by atoms with Crippen LogP contribution < -0.4 is 5.32 Å². The summed E-state index contributed by atoms with van der Waals surface area (Å²) >= 11 is 1.38. The molecule has 1 N–H and O–H groups in total. The highest BCUT2D eigenvalue weighted by atomic mass is 32.2. The predicted molar refractivity (Wildman–Crippen MR) is 103 cm³/mol. The zero-order valence-electron chi connectivity index (χ0n) is 15.6. The summed E-state index contributed by atoms with van der Waals surface area (Å²) in [7, 11) is 0. The monoisotopic (exact) mass is 375 g/mol. The zero-order valence-corrected chi connectivity index (χ0v) is 16.4. The normalized spacial score (nSPS) is 10.8. The molecule has 0 aliphatic rings. The highest BCUT2D eigenvalue weighted by molar-refractivity contribution is 8.00. The lowest BCUT2D eigenvalue weighted by atomic mass is 10.2. The third-order valence-electron chi connectivity index (χ3n) is 3.63. The molecule has 6 nitrogen and oxygen atoms in total. The molecule has 1 aromatic heterocycles. The van der Waals surface area contributed by atoms with Crippen molar-refractivity contribution in [3.8, 4) is 5.69 Å². The Labute approximate surface area is 158 Å². The van der Waals surface area contributed by atoms with Crippen LogP contribution in [-0.2, 0) is 14.3 Å². The third kappa shape index (κ3) is 5.62. The summed E-state index contributed by atoms with van der Waals surface area (Å²) in [5.74, 6) is -0.195. The number of hydrogen-bond acceptors (Lipinski definition) is 5. The molecule has 2 aromatic rings. The Morgan fingerprint density at radius 2 is 1.92 bits per heavy atom. The minimum atomic E-state index is -0.416. The van der Waals surface area contributed by atoms with Crippen LogP contribution in [0.15, 0.2) is 35.2 Å². The second-order valence-electron chi connectivity index (χ2n) is 6.39. The summed E-state index contributed by atoms with van der Waals surface area (Å²) in [4.78, 5) is 24.4. The summed E-state index contributed by atoms with van der Waals surface area (Å²) in [6, 6.07) is 9.84. The molecule has 1 amide bonds. The van der Waals surface area contributed by atoms with Crippen LogP contribution in [0, 0.1) is 19.8 Å². The summed E-state index contributed by atoms with van der Waals surface area (Å²) in [5.41, 5.74) is 2.81. The van der Waals surface area contributed by atoms with Crippen molar-refractivity contribution in [2.24, 2.45) is 5.92 Å². The van der Waals surface area contributed by atoms with Gasteiger partial charge < -0.3 is 10.1 Å². The maximum atomic E-state index is 11.9. The first-order chi connectivity index (χ1) is 12.4. The number of nitrogens with zero attached hydrogens (tertiary/aromatic N) is 2. The smallest absolute Gasteiger partial charge is 0.316 e. The molecule has 7 heteroatoms. The highest BCUT2D eigenvalue weighted by Gasteiger charge is 2.16. The molecule has 0 fully saturated rings. The Morgan fingerprint density at radius 1 is 1.23 bits per heavy atom. The van der Waals surface area contributed by atoms with Crippen molar-refractivity contribution in [1.29, 1.82) is 0 Å². The zero-order chi connectivity index (χ0) is 19.1. The number of esters is 1. The number of aryl methyl sites for hydroxylation is 1. The van der Waals surface area contributed by atoms with Gasteiger partial charge in [-0.1, -0.05) is 32.0 Å². The number of carbonyl (C=O) groups is 2. The molecule has 0 saturated heterocycles. The van der Waals surface area contributed by atoms with Crippen LogP contribution in [-0.4, -0.2) is 40.6 Å². The quantitative estimate of drug-likeness (QED) is 0.567. The number of amides is 1.